The van der Waals surface area contributed by atoms with E-state index < -0.39 is 0 Å². The first kappa shape index (κ1) is 16.2. The molecule has 1 aliphatic carbocycles. The molecule has 1 aromatic heterocycles. The molecule has 4 heteroatoms. The number of rotatable bonds is 7. The molecule has 0 N–H and O–H groups in total. The van der Waals surface area contributed by atoms with Crippen LogP contribution in [0, 0.1) is 12.8 Å². The van der Waals surface area contributed by atoms with Crippen molar-refractivity contribution in [3.8, 4) is 0 Å². The number of aromatic nitrogens is 2. The molecule has 2 aromatic rings. The van der Waals surface area contributed by atoms with Crippen molar-refractivity contribution < 1.29 is 9.53 Å². The van der Waals surface area contributed by atoms with E-state index in [4.69, 9.17) is 4.74 Å². The predicted octanol–water partition coefficient (Wildman–Crippen LogP) is 4.14. The molecule has 0 saturated heterocycles. The van der Waals surface area contributed by atoms with Crippen molar-refractivity contribution in [2.24, 2.45) is 5.92 Å². The standard InChI is InChI=1S/C19H26N2O2/c1-13-9-18-16(12-21(20-18)11-15-5-4-6-15)10-17(13)19(22)8-7-14(2)23-3/h9-10,12,14-15H,4-8,11H2,1-3H3. The zero-order valence-corrected chi connectivity index (χ0v) is 14.3. The van der Waals surface area contributed by atoms with E-state index in [0.29, 0.717) is 6.42 Å². The quantitative estimate of drug-likeness (QED) is 0.721. The average Bonchev–Trinajstić information content (AvgIpc) is 2.88. The van der Waals surface area contributed by atoms with Crippen LogP contribution < -0.4 is 0 Å². The summed E-state index contributed by atoms with van der Waals surface area (Å²) in [5.74, 6) is 0.974. The molecule has 0 aliphatic heterocycles. The fourth-order valence-electron chi connectivity index (χ4n) is 3.15. The van der Waals surface area contributed by atoms with Crippen LogP contribution in [0.2, 0.25) is 0 Å². The van der Waals surface area contributed by atoms with Gasteiger partial charge in [-0.05, 0) is 56.7 Å². The maximum atomic E-state index is 12.5. The monoisotopic (exact) mass is 314 g/mol. The van der Waals surface area contributed by atoms with Crippen molar-refractivity contribution in [3.05, 3.63) is 29.5 Å². The highest BCUT2D eigenvalue weighted by Gasteiger charge is 2.19. The second kappa shape index (κ2) is 6.83. The SMILES string of the molecule is COC(C)CCC(=O)c1cc2cn(CC3CCC3)nc2cc1C. The Balaban J connectivity index is 1.77. The van der Waals surface area contributed by atoms with Gasteiger partial charge in [-0.15, -0.1) is 0 Å². The minimum Gasteiger partial charge on any atom is -0.382 e. The number of fused-ring (bicyclic) bond motifs is 1. The minimum atomic E-state index is 0.119. The summed E-state index contributed by atoms with van der Waals surface area (Å²) in [6.07, 6.45) is 7.47. The lowest BCUT2D eigenvalue weighted by atomic mass is 9.85. The van der Waals surface area contributed by atoms with Gasteiger partial charge < -0.3 is 4.74 Å². The smallest absolute Gasteiger partial charge is 0.163 e. The molecule has 1 fully saturated rings. The van der Waals surface area contributed by atoms with E-state index in [1.54, 1.807) is 7.11 Å². The van der Waals surface area contributed by atoms with E-state index in [1.165, 1.54) is 19.3 Å². The molecule has 0 radical (unpaired) electrons. The zero-order valence-electron chi connectivity index (χ0n) is 14.3. The maximum absolute atomic E-state index is 12.5. The Morgan fingerprint density at radius 3 is 2.87 bits per heavy atom. The normalized spacial score (nSPS) is 16.5. The van der Waals surface area contributed by atoms with Gasteiger partial charge in [-0.2, -0.15) is 5.10 Å². The minimum absolute atomic E-state index is 0.119. The number of hydrogen-bond donors (Lipinski definition) is 0. The Hall–Kier alpha value is -1.68. The summed E-state index contributed by atoms with van der Waals surface area (Å²) in [5, 5.41) is 5.74. The number of nitrogens with zero attached hydrogens (tertiary/aromatic N) is 2. The first-order valence-corrected chi connectivity index (χ1v) is 8.60. The third kappa shape index (κ3) is 3.63. The Bertz CT molecular complexity index is 701. The van der Waals surface area contributed by atoms with Gasteiger partial charge in [-0.3, -0.25) is 9.48 Å². The van der Waals surface area contributed by atoms with Gasteiger partial charge >= 0.3 is 0 Å². The van der Waals surface area contributed by atoms with E-state index in [9.17, 15) is 4.79 Å². The highest BCUT2D eigenvalue weighted by molar-refractivity contribution is 6.00. The Morgan fingerprint density at radius 2 is 2.22 bits per heavy atom. The average molecular weight is 314 g/mol. The molecule has 0 spiro atoms. The molecule has 1 atom stereocenters. The number of methoxy groups -OCH3 is 1. The van der Waals surface area contributed by atoms with Gasteiger partial charge in [0.05, 0.1) is 11.6 Å². The summed E-state index contributed by atoms with van der Waals surface area (Å²) in [5.41, 5.74) is 2.83. The molecular formula is C19H26N2O2. The Kier molecular flexibility index (Phi) is 4.81. The van der Waals surface area contributed by atoms with Crippen LogP contribution in [0.5, 0.6) is 0 Å². The number of Topliss-reactive ketones (excluding diaryl/α,β-unsaturated/α-hetero) is 1. The topological polar surface area (TPSA) is 44.1 Å². The number of ketones is 1. The van der Waals surface area contributed by atoms with Crippen LogP contribution in [0.1, 0.15) is 54.9 Å². The molecule has 1 unspecified atom stereocenters. The number of carbonyl (C=O) groups is 1. The van der Waals surface area contributed by atoms with Crippen molar-refractivity contribution in [1.82, 2.24) is 9.78 Å². The van der Waals surface area contributed by atoms with Crippen LogP contribution in [0.4, 0.5) is 0 Å². The van der Waals surface area contributed by atoms with Gasteiger partial charge in [0.2, 0.25) is 0 Å². The molecule has 0 bridgehead atoms. The molecular weight excluding hydrogens is 288 g/mol. The van der Waals surface area contributed by atoms with Crippen molar-refractivity contribution in [1.29, 1.82) is 0 Å². The highest BCUT2D eigenvalue weighted by atomic mass is 16.5. The molecule has 0 amide bonds. The second-order valence-corrected chi connectivity index (χ2v) is 6.88. The van der Waals surface area contributed by atoms with Crippen LogP contribution in [-0.4, -0.2) is 28.8 Å². The Morgan fingerprint density at radius 1 is 1.43 bits per heavy atom. The first-order chi connectivity index (χ1) is 11.1. The molecule has 124 valence electrons. The van der Waals surface area contributed by atoms with Crippen LogP contribution >= 0.6 is 0 Å². The van der Waals surface area contributed by atoms with Gasteiger partial charge in [0.1, 0.15) is 0 Å². The molecule has 1 aliphatic rings. The lowest BCUT2D eigenvalue weighted by molar-refractivity contribution is 0.0877. The second-order valence-electron chi connectivity index (χ2n) is 6.88. The predicted molar refractivity (Wildman–Crippen MR) is 91.8 cm³/mol. The van der Waals surface area contributed by atoms with E-state index in [2.05, 4.69) is 16.0 Å². The summed E-state index contributed by atoms with van der Waals surface area (Å²) < 4.78 is 7.28. The van der Waals surface area contributed by atoms with Gasteiger partial charge in [-0.1, -0.05) is 6.42 Å². The fraction of sp³-hybridized carbons (Fsp3) is 0.579. The van der Waals surface area contributed by atoms with E-state index in [0.717, 1.165) is 40.9 Å². The van der Waals surface area contributed by atoms with Gasteiger partial charge in [0, 0.05) is 37.2 Å². The lowest BCUT2D eigenvalue weighted by Gasteiger charge is -2.24. The number of hydrogen-bond acceptors (Lipinski definition) is 3. The summed E-state index contributed by atoms with van der Waals surface area (Å²) in [4.78, 5) is 12.5. The van der Waals surface area contributed by atoms with Crippen LogP contribution in [0.15, 0.2) is 18.3 Å². The third-order valence-corrected chi connectivity index (χ3v) is 5.05. The maximum Gasteiger partial charge on any atom is 0.163 e. The van der Waals surface area contributed by atoms with Gasteiger partial charge in [0.25, 0.3) is 0 Å². The molecule has 4 nitrogen and oxygen atoms in total. The van der Waals surface area contributed by atoms with Crippen LogP contribution in [-0.2, 0) is 11.3 Å². The van der Waals surface area contributed by atoms with Crippen LogP contribution in [0.3, 0.4) is 0 Å². The van der Waals surface area contributed by atoms with Crippen molar-refractivity contribution >= 4 is 16.7 Å². The number of aryl methyl sites for hydroxylation is 1. The first-order valence-electron chi connectivity index (χ1n) is 8.60. The molecule has 1 saturated carbocycles. The fourth-order valence-corrected chi connectivity index (χ4v) is 3.15. The number of carbonyl (C=O) groups excluding carboxylic acids is 1. The van der Waals surface area contributed by atoms with E-state index in [-0.39, 0.29) is 11.9 Å². The molecule has 1 heterocycles. The molecule has 1 aromatic carbocycles. The van der Waals surface area contributed by atoms with Gasteiger partial charge in [0.15, 0.2) is 5.78 Å². The number of benzene rings is 1. The summed E-state index contributed by atoms with van der Waals surface area (Å²) in [6, 6.07) is 4.05. The van der Waals surface area contributed by atoms with Crippen molar-refractivity contribution in [3.63, 3.8) is 0 Å². The lowest BCUT2D eigenvalue weighted by Crippen LogP contribution is -2.18. The van der Waals surface area contributed by atoms with Gasteiger partial charge in [-0.25, -0.2) is 0 Å². The largest absolute Gasteiger partial charge is 0.382 e. The molecule has 3 rings (SSSR count). The number of ether oxygens (including phenoxy) is 1. The summed E-state index contributed by atoms with van der Waals surface area (Å²) in [6.45, 7) is 4.99. The Labute approximate surface area is 137 Å². The van der Waals surface area contributed by atoms with E-state index >= 15 is 0 Å². The van der Waals surface area contributed by atoms with E-state index in [1.807, 2.05) is 26.0 Å². The van der Waals surface area contributed by atoms with Crippen LogP contribution in [0.25, 0.3) is 10.9 Å². The van der Waals surface area contributed by atoms with Crippen molar-refractivity contribution in [2.75, 3.05) is 7.11 Å². The summed E-state index contributed by atoms with van der Waals surface area (Å²) >= 11 is 0. The van der Waals surface area contributed by atoms with Crippen molar-refractivity contribution in [2.45, 2.75) is 58.6 Å². The third-order valence-electron chi connectivity index (χ3n) is 5.05. The zero-order chi connectivity index (χ0) is 16.4. The highest BCUT2D eigenvalue weighted by Crippen LogP contribution is 2.28. The molecule has 23 heavy (non-hydrogen) atoms. The summed E-state index contributed by atoms with van der Waals surface area (Å²) in [7, 11) is 1.68.